The molecule has 0 saturated carbocycles. The van der Waals surface area contributed by atoms with Crippen molar-refractivity contribution in [1.82, 2.24) is 4.98 Å². The lowest BCUT2D eigenvalue weighted by Gasteiger charge is -2.28. The van der Waals surface area contributed by atoms with Gasteiger partial charge in [-0.2, -0.15) is 0 Å². The normalized spacial score (nSPS) is 13.9. The first-order chi connectivity index (χ1) is 13.0. The molecule has 3 rings (SSSR count). The molecule has 8 heteroatoms. The Kier molecular flexibility index (Phi) is 5.75. The van der Waals surface area contributed by atoms with Gasteiger partial charge in [0.2, 0.25) is 0 Å². The van der Waals surface area contributed by atoms with Gasteiger partial charge in [0.05, 0.1) is 5.56 Å². The van der Waals surface area contributed by atoms with Crippen LogP contribution in [-0.4, -0.2) is 41.7 Å². The summed E-state index contributed by atoms with van der Waals surface area (Å²) in [6.45, 7) is 1.58. The smallest absolute Gasteiger partial charge is 0.339 e. The second-order valence-electron chi connectivity index (χ2n) is 6.34. The summed E-state index contributed by atoms with van der Waals surface area (Å²) in [6, 6.07) is 9.55. The monoisotopic (exact) mass is 371 g/mol. The van der Waals surface area contributed by atoms with Crippen LogP contribution in [0.25, 0.3) is 0 Å². The highest BCUT2D eigenvalue weighted by molar-refractivity contribution is 5.95. The number of ether oxygens (including phenoxy) is 1. The van der Waals surface area contributed by atoms with E-state index in [-0.39, 0.29) is 5.56 Å². The lowest BCUT2D eigenvalue weighted by atomic mass is 10.1. The first kappa shape index (κ1) is 18.5. The molecule has 142 valence electrons. The number of esters is 1. The largest absolute Gasteiger partial charge is 0.494 e. The number of piperidine rings is 1. The zero-order valence-corrected chi connectivity index (χ0v) is 14.7. The van der Waals surface area contributed by atoms with Gasteiger partial charge in [-0.1, -0.05) is 0 Å². The fourth-order valence-corrected chi connectivity index (χ4v) is 2.97. The van der Waals surface area contributed by atoms with Crippen molar-refractivity contribution in [1.29, 1.82) is 0 Å². The highest BCUT2D eigenvalue weighted by Crippen LogP contribution is 2.21. The third-order valence-corrected chi connectivity index (χ3v) is 4.27. The molecule has 27 heavy (non-hydrogen) atoms. The standard InChI is InChI=1S/C19H21N3O5/c23-16-10-13(11-17(24)21-16)19(26)27-12-18(25)20-14-4-6-15(7-5-14)22-8-2-1-3-9-22/h4-7,10-11H,1-3,8-9,12H2,(H,20,25)(H2,21,23,24). The van der Waals surface area contributed by atoms with Crippen LogP contribution in [0.5, 0.6) is 5.88 Å². The van der Waals surface area contributed by atoms with E-state index >= 15 is 0 Å². The highest BCUT2D eigenvalue weighted by Gasteiger charge is 2.13. The molecule has 0 radical (unpaired) electrons. The molecule has 0 atom stereocenters. The number of anilines is 2. The summed E-state index contributed by atoms with van der Waals surface area (Å²) in [5, 5.41) is 11.9. The van der Waals surface area contributed by atoms with Gasteiger partial charge in [-0.15, -0.1) is 0 Å². The van der Waals surface area contributed by atoms with E-state index in [1.54, 1.807) is 12.1 Å². The Balaban J connectivity index is 1.51. The van der Waals surface area contributed by atoms with Gasteiger partial charge in [-0.3, -0.25) is 14.6 Å². The van der Waals surface area contributed by atoms with Crippen molar-refractivity contribution >= 4 is 23.3 Å². The van der Waals surface area contributed by atoms with Crippen molar-refractivity contribution in [3.05, 3.63) is 52.3 Å². The molecule has 1 aromatic heterocycles. The van der Waals surface area contributed by atoms with Crippen LogP contribution in [-0.2, 0) is 9.53 Å². The predicted molar refractivity (Wildman–Crippen MR) is 100 cm³/mol. The summed E-state index contributed by atoms with van der Waals surface area (Å²) >= 11 is 0. The number of amides is 1. The minimum Gasteiger partial charge on any atom is -0.494 e. The second kappa shape index (κ2) is 8.39. The van der Waals surface area contributed by atoms with E-state index in [0.29, 0.717) is 5.69 Å². The number of nitrogens with zero attached hydrogens (tertiary/aromatic N) is 1. The Morgan fingerprint density at radius 3 is 2.48 bits per heavy atom. The van der Waals surface area contributed by atoms with E-state index in [0.717, 1.165) is 30.9 Å². The van der Waals surface area contributed by atoms with Gasteiger partial charge >= 0.3 is 5.97 Å². The Labute approximate surface area is 155 Å². The summed E-state index contributed by atoms with van der Waals surface area (Å²) in [4.78, 5) is 39.5. The lowest BCUT2D eigenvalue weighted by Crippen LogP contribution is -2.29. The van der Waals surface area contributed by atoms with Gasteiger partial charge in [-0.05, 0) is 43.5 Å². The molecule has 1 aromatic carbocycles. The molecule has 1 fully saturated rings. The third kappa shape index (κ3) is 5.10. The maximum atomic E-state index is 12.0. The Morgan fingerprint density at radius 2 is 1.81 bits per heavy atom. The van der Waals surface area contributed by atoms with Crippen LogP contribution in [0.3, 0.4) is 0 Å². The number of pyridine rings is 1. The first-order valence-corrected chi connectivity index (χ1v) is 8.76. The van der Waals surface area contributed by atoms with Crippen molar-refractivity contribution in [2.45, 2.75) is 19.3 Å². The van der Waals surface area contributed by atoms with E-state index in [9.17, 15) is 19.5 Å². The number of rotatable bonds is 5. The molecule has 0 bridgehead atoms. The number of nitrogens with one attached hydrogen (secondary N) is 2. The number of benzene rings is 1. The summed E-state index contributed by atoms with van der Waals surface area (Å²) in [6.07, 6.45) is 3.64. The molecule has 1 saturated heterocycles. The SMILES string of the molecule is O=C(COC(=O)c1cc(O)[nH]c(=O)c1)Nc1ccc(N2CCCCC2)cc1. The number of aromatic nitrogens is 1. The van der Waals surface area contributed by atoms with Gasteiger partial charge in [-0.25, -0.2) is 4.79 Å². The van der Waals surface area contributed by atoms with Crippen molar-refractivity contribution in [3.63, 3.8) is 0 Å². The number of hydrogen-bond acceptors (Lipinski definition) is 6. The van der Waals surface area contributed by atoms with Crippen LogP contribution in [0.15, 0.2) is 41.2 Å². The van der Waals surface area contributed by atoms with Crippen LogP contribution in [0.2, 0.25) is 0 Å². The number of carbonyl (C=O) groups is 2. The average molecular weight is 371 g/mol. The van der Waals surface area contributed by atoms with Crippen LogP contribution in [0, 0.1) is 0 Å². The molecule has 0 unspecified atom stereocenters. The van der Waals surface area contributed by atoms with Crippen molar-refractivity contribution in [2.75, 3.05) is 29.9 Å². The Hall–Kier alpha value is -3.29. The molecule has 1 aliphatic heterocycles. The minimum atomic E-state index is -0.869. The van der Waals surface area contributed by atoms with Crippen molar-refractivity contribution in [2.24, 2.45) is 0 Å². The summed E-state index contributed by atoms with van der Waals surface area (Å²) in [5.41, 5.74) is 0.953. The molecule has 0 aliphatic carbocycles. The number of hydrogen-bond donors (Lipinski definition) is 3. The fraction of sp³-hybridized carbons (Fsp3) is 0.316. The molecule has 8 nitrogen and oxygen atoms in total. The highest BCUT2D eigenvalue weighted by atomic mass is 16.5. The zero-order chi connectivity index (χ0) is 19.2. The number of H-pyrrole nitrogens is 1. The van der Waals surface area contributed by atoms with Crippen LogP contribution in [0.1, 0.15) is 29.6 Å². The van der Waals surface area contributed by atoms with Crippen molar-refractivity contribution in [3.8, 4) is 5.88 Å². The van der Waals surface area contributed by atoms with Crippen LogP contribution in [0.4, 0.5) is 11.4 Å². The van der Waals surface area contributed by atoms with Crippen LogP contribution >= 0.6 is 0 Å². The van der Waals surface area contributed by atoms with Gasteiger partial charge in [0.25, 0.3) is 11.5 Å². The number of aromatic hydroxyl groups is 1. The average Bonchev–Trinajstić information content (AvgIpc) is 2.66. The molecule has 1 amide bonds. The summed E-state index contributed by atoms with van der Waals surface area (Å²) < 4.78 is 4.87. The number of aromatic amines is 1. The summed E-state index contributed by atoms with van der Waals surface area (Å²) in [7, 11) is 0. The molecule has 3 N–H and O–H groups in total. The minimum absolute atomic E-state index is 0.130. The van der Waals surface area contributed by atoms with Gasteiger partial charge in [0, 0.05) is 36.6 Å². The van der Waals surface area contributed by atoms with E-state index in [1.807, 2.05) is 12.1 Å². The number of carbonyl (C=O) groups excluding carboxylic acids is 2. The van der Waals surface area contributed by atoms with E-state index < -0.39 is 29.9 Å². The second-order valence-corrected chi connectivity index (χ2v) is 6.34. The molecule has 1 aliphatic rings. The van der Waals surface area contributed by atoms with Gasteiger partial charge in [0.15, 0.2) is 12.5 Å². The maximum Gasteiger partial charge on any atom is 0.339 e. The Bertz CT molecular complexity index is 870. The topological polar surface area (TPSA) is 112 Å². The van der Waals surface area contributed by atoms with E-state index in [4.69, 9.17) is 4.74 Å². The molecule has 2 heterocycles. The quantitative estimate of drug-likeness (QED) is 0.692. The van der Waals surface area contributed by atoms with Gasteiger partial charge in [0.1, 0.15) is 0 Å². The predicted octanol–water partition coefficient (Wildman–Crippen LogP) is 1.87. The Morgan fingerprint density at radius 1 is 1.11 bits per heavy atom. The van der Waals surface area contributed by atoms with Crippen molar-refractivity contribution < 1.29 is 19.4 Å². The van der Waals surface area contributed by atoms with E-state index in [1.165, 1.54) is 19.3 Å². The van der Waals surface area contributed by atoms with Crippen LogP contribution < -0.4 is 15.8 Å². The summed E-state index contributed by atoms with van der Waals surface area (Å²) in [5.74, 6) is -1.82. The molecule has 2 aromatic rings. The third-order valence-electron chi connectivity index (χ3n) is 4.27. The maximum absolute atomic E-state index is 12.0. The lowest BCUT2D eigenvalue weighted by molar-refractivity contribution is -0.119. The van der Waals surface area contributed by atoms with E-state index in [2.05, 4.69) is 15.2 Å². The fourth-order valence-electron chi connectivity index (χ4n) is 2.97. The molecular formula is C19H21N3O5. The first-order valence-electron chi connectivity index (χ1n) is 8.76. The molecule has 0 spiro atoms. The molecular weight excluding hydrogens is 350 g/mol. The zero-order valence-electron chi connectivity index (χ0n) is 14.7. The van der Waals surface area contributed by atoms with Gasteiger partial charge < -0.3 is 20.1 Å².